The van der Waals surface area contributed by atoms with E-state index in [0.717, 1.165) is 5.56 Å². The van der Waals surface area contributed by atoms with E-state index in [0.29, 0.717) is 5.56 Å². The molecule has 0 bridgehead atoms. The molecule has 20 heavy (non-hydrogen) atoms. The molecule has 0 radical (unpaired) electrons. The van der Waals surface area contributed by atoms with Crippen LogP contribution in [0.5, 0.6) is 0 Å². The van der Waals surface area contributed by atoms with Gasteiger partial charge in [0.15, 0.2) is 0 Å². The van der Waals surface area contributed by atoms with Gasteiger partial charge in [-0.3, -0.25) is 4.90 Å². The zero-order valence-electron chi connectivity index (χ0n) is 12.0. The van der Waals surface area contributed by atoms with Gasteiger partial charge in [-0.05, 0) is 49.8 Å². The van der Waals surface area contributed by atoms with Gasteiger partial charge in [-0.15, -0.1) is 0 Å². The Morgan fingerprint density at radius 3 is 2.15 bits per heavy atom. The van der Waals surface area contributed by atoms with Crippen molar-refractivity contribution in [2.75, 3.05) is 14.1 Å². The van der Waals surface area contributed by atoms with Gasteiger partial charge in [0.1, 0.15) is 0 Å². The summed E-state index contributed by atoms with van der Waals surface area (Å²) < 4.78 is 0. The van der Waals surface area contributed by atoms with Crippen LogP contribution in [0.2, 0.25) is 0 Å². The predicted molar refractivity (Wildman–Crippen MR) is 80.1 cm³/mol. The number of aromatic carboxylic acids is 1. The lowest BCUT2D eigenvalue weighted by molar-refractivity contribution is 0.0697. The predicted octanol–water partition coefficient (Wildman–Crippen LogP) is 3.34. The second-order valence-electron chi connectivity index (χ2n) is 5.15. The quantitative estimate of drug-likeness (QED) is 0.925. The van der Waals surface area contributed by atoms with Crippen LogP contribution in [0.1, 0.15) is 33.1 Å². The normalized spacial score (nSPS) is 12.4. The molecule has 3 nitrogen and oxygen atoms in total. The van der Waals surface area contributed by atoms with Crippen LogP contribution in [0.4, 0.5) is 0 Å². The van der Waals surface area contributed by atoms with Crippen molar-refractivity contribution in [2.24, 2.45) is 0 Å². The van der Waals surface area contributed by atoms with Crippen LogP contribution < -0.4 is 0 Å². The molecular formula is C17H19NO2. The van der Waals surface area contributed by atoms with Crippen LogP contribution in [0.15, 0.2) is 48.5 Å². The number of benzene rings is 2. The molecule has 0 aromatic heterocycles. The maximum absolute atomic E-state index is 10.9. The molecule has 1 N–H and O–H groups in total. The molecule has 0 spiro atoms. The van der Waals surface area contributed by atoms with Gasteiger partial charge in [-0.25, -0.2) is 4.79 Å². The zero-order chi connectivity index (χ0) is 14.7. The number of hydrogen-bond donors (Lipinski definition) is 1. The van der Waals surface area contributed by atoms with E-state index < -0.39 is 5.97 Å². The van der Waals surface area contributed by atoms with E-state index in [1.54, 1.807) is 12.1 Å². The first-order valence-corrected chi connectivity index (χ1v) is 6.56. The molecule has 3 heteroatoms. The van der Waals surface area contributed by atoms with Gasteiger partial charge in [0.05, 0.1) is 11.6 Å². The van der Waals surface area contributed by atoms with Crippen molar-refractivity contribution < 1.29 is 9.90 Å². The van der Waals surface area contributed by atoms with Crippen molar-refractivity contribution in [1.82, 2.24) is 4.90 Å². The molecule has 0 aliphatic carbocycles. The van der Waals surface area contributed by atoms with E-state index >= 15 is 0 Å². The molecule has 0 saturated carbocycles. The maximum Gasteiger partial charge on any atom is 0.335 e. The number of carbonyl (C=O) groups is 1. The summed E-state index contributed by atoms with van der Waals surface area (Å²) >= 11 is 0. The summed E-state index contributed by atoms with van der Waals surface area (Å²) in [6.07, 6.45) is 0. The summed E-state index contributed by atoms with van der Waals surface area (Å²) in [5.74, 6) is -0.895. The fraction of sp³-hybridized carbons (Fsp3) is 0.235. The van der Waals surface area contributed by atoms with E-state index in [1.165, 1.54) is 11.1 Å². The summed E-state index contributed by atoms with van der Waals surface area (Å²) in [5.41, 5.74) is 3.87. The molecule has 0 heterocycles. The van der Waals surface area contributed by atoms with E-state index in [4.69, 9.17) is 5.11 Å². The minimum atomic E-state index is -0.895. The van der Waals surface area contributed by atoms with Crippen LogP contribution in [0, 0.1) is 6.92 Å². The fourth-order valence-corrected chi connectivity index (χ4v) is 2.46. The second-order valence-corrected chi connectivity index (χ2v) is 5.15. The number of nitrogens with zero attached hydrogens (tertiary/aromatic N) is 1. The Labute approximate surface area is 119 Å². The van der Waals surface area contributed by atoms with E-state index in [2.05, 4.69) is 24.0 Å². The first-order valence-electron chi connectivity index (χ1n) is 6.56. The van der Waals surface area contributed by atoms with Gasteiger partial charge >= 0.3 is 5.97 Å². The van der Waals surface area contributed by atoms with Gasteiger partial charge in [-0.1, -0.05) is 36.4 Å². The Morgan fingerprint density at radius 2 is 1.65 bits per heavy atom. The standard InChI is InChI=1S/C17H19NO2/c1-12-6-4-5-7-15(12)16(18(2)3)13-8-10-14(11-9-13)17(19)20/h4-11,16H,1-3H3,(H,19,20). The maximum atomic E-state index is 10.9. The largest absolute Gasteiger partial charge is 0.478 e. The lowest BCUT2D eigenvalue weighted by Crippen LogP contribution is -2.22. The Bertz CT molecular complexity index is 603. The number of carboxylic acids is 1. The van der Waals surface area contributed by atoms with Crippen molar-refractivity contribution in [3.63, 3.8) is 0 Å². The number of aryl methyl sites for hydroxylation is 1. The minimum absolute atomic E-state index is 0.124. The Balaban J connectivity index is 2.44. The fourth-order valence-electron chi connectivity index (χ4n) is 2.46. The van der Waals surface area contributed by atoms with Gasteiger partial charge in [0, 0.05) is 0 Å². The highest BCUT2D eigenvalue weighted by molar-refractivity contribution is 5.87. The average Bonchev–Trinajstić information content (AvgIpc) is 2.41. The molecule has 0 aliphatic heterocycles. The molecule has 2 aromatic rings. The smallest absolute Gasteiger partial charge is 0.335 e. The molecule has 2 aromatic carbocycles. The highest BCUT2D eigenvalue weighted by atomic mass is 16.4. The van der Waals surface area contributed by atoms with Gasteiger partial charge in [0.2, 0.25) is 0 Å². The van der Waals surface area contributed by atoms with Gasteiger partial charge in [-0.2, -0.15) is 0 Å². The molecule has 104 valence electrons. The summed E-state index contributed by atoms with van der Waals surface area (Å²) in [5, 5.41) is 8.97. The molecule has 0 fully saturated rings. The SMILES string of the molecule is Cc1ccccc1C(c1ccc(C(=O)O)cc1)N(C)C. The first-order chi connectivity index (χ1) is 9.50. The zero-order valence-corrected chi connectivity index (χ0v) is 12.0. The van der Waals surface area contributed by atoms with Crippen molar-refractivity contribution in [3.05, 3.63) is 70.8 Å². The van der Waals surface area contributed by atoms with Crippen molar-refractivity contribution in [2.45, 2.75) is 13.0 Å². The summed E-state index contributed by atoms with van der Waals surface area (Å²) in [4.78, 5) is 13.1. The van der Waals surface area contributed by atoms with Crippen molar-refractivity contribution in [1.29, 1.82) is 0 Å². The number of rotatable bonds is 4. The number of hydrogen-bond acceptors (Lipinski definition) is 2. The summed E-state index contributed by atoms with van der Waals surface area (Å²) in [7, 11) is 4.06. The topological polar surface area (TPSA) is 40.5 Å². The van der Waals surface area contributed by atoms with Crippen molar-refractivity contribution in [3.8, 4) is 0 Å². The molecule has 1 unspecified atom stereocenters. The molecule has 0 saturated heterocycles. The average molecular weight is 269 g/mol. The minimum Gasteiger partial charge on any atom is -0.478 e. The number of carboxylic acid groups (broad SMARTS) is 1. The molecule has 0 aliphatic rings. The molecule has 0 amide bonds. The highest BCUT2D eigenvalue weighted by Gasteiger charge is 2.18. The van der Waals surface area contributed by atoms with Crippen molar-refractivity contribution >= 4 is 5.97 Å². The van der Waals surface area contributed by atoms with Crippen LogP contribution >= 0.6 is 0 Å². The van der Waals surface area contributed by atoms with Crippen LogP contribution in [0.3, 0.4) is 0 Å². The molecule has 1 atom stereocenters. The summed E-state index contributed by atoms with van der Waals surface area (Å²) in [6.45, 7) is 2.09. The molecular weight excluding hydrogens is 250 g/mol. The summed E-state index contributed by atoms with van der Waals surface area (Å²) in [6, 6.07) is 15.5. The highest BCUT2D eigenvalue weighted by Crippen LogP contribution is 2.29. The Hall–Kier alpha value is -2.13. The van der Waals surface area contributed by atoms with Gasteiger partial charge < -0.3 is 5.11 Å². The molecule has 2 rings (SSSR count). The Kier molecular flexibility index (Phi) is 4.20. The lowest BCUT2D eigenvalue weighted by atomic mass is 9.93. The second kappa shape index (κ2) is 5.88. The van der Waals surface area contributed by atoms with Crippen LogP contribution in [-0.2, 0) is 0 Å². The third-order valence-corrected chi connectivity index (χ3v) is 3.47. The van der Waals surface area contributed by atoms with Crippen LogP contribution in [-0.4, -0.2) is 30.1 Å². The van der Waals surface area contributed by atoms with E-state index in [1.807, 2.05) is 38.4 Å². The van der Waals surface area contributed by atoms with E-state index in [9.17, 15) is 4.79 Å². The third kappa shape index (κ3) is 2.89. The monoisotopic (exact) mass is 269 g/mol. The Morgan fingerprint density at radius 1 is 1.05 bits per heavy atom. The lowest BCUT2D eigenvalue weighted by Gasteiger charge is -2.26. The van der Waals surface area contributed by atoms with Gasteiger partial charge in [0.25, 0.3) is 0 Å². The first kappa shape index (κ1) is 14.3. The van der Waals surface area contributed by atoms with Crippen LogP contribution in [0.25, 0.3) is 0 Å². The van der Waals surface area contributed by atoms with E-state index in [-0.39, 0.29) is 6.04 Å². The third-order valence-electron chi connectivity index (χ3n) is 3.47.